The third-order valence-corrected chi connectivity index (χ3v) is 6.43. The number of aromatic nitrogens is 4. The van der Waals surface area contributed by atoms with Crippen molar-refractivity contribution in [1.82, 2.24) is 19.6 Å². The highest BCUT2D eigenvalue weighted by atomic mass is 35.5. The lowest BCUT2D eigenvalue weighted by molar-refractivity contribution is -0.119. The number of methoxy groups -OCH3 is 1. The molecule has 4 rings (SSSR count). The van der Waals surface area contributed by atoms with E-state index in [1.54, 1.807) is 0 Å². The summed E-state index contributed by atoms with van der Waals surface area (Å²) in [5, 5.41) is 10.1. The van der Waals surface area contributed by atoms with Crippen LogP contribution in [0.3, 0.4) is 0 Å². The largest absolute Gasteiger partial charge is 0.495 e. The third-order valence-electron chi connectivity index (χ3n) is 6.20. The molecule has 0 saturated carbocycles. The first-order chi connectivity index (χ1) is 19.5. The predicted octanol–water partition coefficient (Wildman–Crippen LogP) is 4.91. The Bertz CT molecular complexity index is 1670. The van der Waals surface area contributed by atoms with Crippen LogP contribution in [0.15, 0.2) is 59.7 Å². The lowest BCUT2D eigenvalue weighted by atomic mass is 10.0. The van der Waals surface area contributed by atoms with Gasteiger partial charge in [-0.1, -0.05) is 30.2 Å². The van der Waals surface area contributed by atoms with Gasteiger partial charge in [0.25, 0.3) is 17.9 Å². The predicted molar refractivity (Wildman–Crippen MR) is 145 cm³/mol. The molecule has 2 aromatic carbocycles. The van der Waals surface area contributed by atoms with Crippen LogP contribution >= 0.6 is 11.6 Å². The lowest BCUT2D eigenvalue weighted by Crippen LogP contribution is -2.33. The summed E-state index contributed by atoms with van der Waals surface area (Å²) >= 11 is 6.23. The number of rotatable bonds is 10. The summed E-state index contributed by atoms with van der Waals surface area (Å²) in [7, 11) is 1.36. The number of ether oxygens (including phenoxy) is 1. The van der Waals surface area contributed by atoms with Crippen molar-refractivity contribution in [3.05, 3.63) is 87.3 Å². The zero-order valence-electron chi connectivity index (χ0n) is 21.8. The average molecular weight is 589 g/mol. The van der Waals surface area contributed by atoms with Crippen molar-refractivity contribution in [2.45, 2.75) is 32.2 Å². The number of hydrogen-bond donors (Lipinski definition) is 2. The number of nitrogens with zero attached hydrogens (tertiary/aromatic N) is 4. The van der Waals surface area contributed by atoms with Crippen LogP contribution in [0.25, 0.3) is 16.8 Å². The Morgan fingerprint density at radius 3 is 2.49 bits per heavy atom. The molecule has 0 fully saturated rings. The molecule has 0 saturated heterocycles. The first-order valence-electron chi connectivity index (χ1n) is 12.2. The van der Waals surface area contributed by atoms with E-state index in [4.69, 9.17) is 22.1 Å². The van der Waals surface area contributed by atoms with Gasteiger partial charge in [-0.3, -0.25) is 19.0 Å². The zero-order valence-corrected chi connectivity index (χ0v) is 22.5. The molecule has 0 spiro atoms. The molecule has 1 atom stereocenters. The molecule has 1 unspecified atom stereocenters. The fraction of sp³-hybridized carbons (Fsp3) is 0.222. The van der Waals surface area contributed by atoms with Gasteiger partial charge in [-0.2, -0.15) is 0 Å². The minimum absolute atomic E-state index is 0.0646. The summed E-state index contributed by atoms with van der Waals surface area (Å²) in [6.45, 7) is 1.82. The Hall–Kier alpha value is -4.65. The standard InChI is InChI=1S/C27H24ClF3N6O4/c1-3-4-22(27(40)33-15-6-7-16(26(32)39)19(29)10-15)36-13-23(41-2)18(11-24(36)38)17-9-14(28)5-8-21(17)37-12-20(25(30)31)34-35-37/h5-13,22,25H,3-4H2,1-2H3,(H2,32,39)(H,33,40). The van der Waals surface area contributed by atoms with Crippen LogP contribution in [-0.2, 0) is 4.79 Å². The summed E-state index contributed by atoms with van der Waals surface area (Å²) in [6, 6.07) is 8.21. The van der Waals surface area contributed by atoms with Crippen LogP contribution in [0.4, 0.5) is 18.9 Å². The summed E-state index contributed by atoms with van der Waals surface area (Å²) in [5.41, 5.74) is 4.65. The molecule has 4 aromatic rings. The number of carbonyl (C=O) groups is 2. The van der Waals surface area contributed by atoms with Crippen LogP contribution in [0.5, 0.6) is 5.75 Å². The molecule has 0 radical (unpaired) electrons. The second-order valence-corrected chi connectivity index (χ2v) is 9.34. The molecule has 0 aliphatic carbocycles. The maximum absolute atomic E-state index is 14.2. The molecular weight excluding hydrogens is 565 g/mol. The van der Waals surface area contributed by atoms with E-state index < -0.39 is 41.4 Å². The minimum atomic E-state index is -2.84. The monoisotopic (exact) mass is 588 g/mol. The van der Waals surface area contributed by atoms with E-state index in [1.165, 1.54) is 48.2 Å². The molecular formula is C27H24ClF3N6O4. The smallest absolute Gasteiger partial charge is 0.283 e. The normalized spacial score (nSPS) is 11.9. The molecule has 0 aliphatic heterocycles. The number of pyridine rings is 1. The van der Waals surface area contributed by atoms with Crippen LogP contribution in [0, 0.1) is 5.82 Å². The molecule has 2 amide bonds. The van der Waals surface area contributed by atoms with Crippen molar-refractivity contribution in [3.8, 4) is 22.6 Å². The number of anilines is 1. The van der Waals surface area contributed by atoms with Crippen molar-refractivity contribution in [2.24, 2.45) is 5.73 Å². The van der Waals surface area contributed by atoms with Crippen LogP contribution in [0.2, 0.25) is 5.02 Å². The first kappa shape index (κ1) is 29.3. The van der Waals surface area contributed by atoms with Gasteiger partial charge in [-0.25, -0.2) is 17.9 Å². The molecule has 0 aliphatic rings. The minimum Gasteiger partial charge on any atom is -0.495 e. The van der Waals surface area contributed by atoms with Gasteiger partial charge >= 0.3 is 0 Å². The lowest BCUT2D eigenvalue weighted by Gasteiger charge is -2.21. The second-order valence-electron chi connectivity index (χ2n) is 8.90. The summed E-state index contributed by atoms with van der Waals surface area (Å²) in [6.07, 6.45) is 0.336. The van der Waals surface area contributed by atoms with Gasteiger partial charge in [-0.05, 0) is 42.8 Å². The molecule has 214 valence electrons. The van der Waals surface area contributed by atoms with Gasteiger partial charge in [0.05, 0.1) is 30.8 Å². The molecule has 41 heavy (non-hydrogen) atoms. The molecule has 0 bridgehead atoms. The highest BCUT2D eigenvalue weighted by Gasteiger charge is 2.25. The molecule has 3 N–H and O–H groups in total. The van der Waals surface area contributed by atoms with Gasteiger partial charge < -0.3 is 15.8 Å². The number of benzene rings is 2. The Morgan fingerprint density at radius 2 is 1.88 bits per heavy atom. The summed E-state index contributed by atoms with van der Waals surface area (Å²) in [4.78, 5) is 38.0. The van der Waals surface area contributed by atoms with Crippen molar-refractivity contribution in [1.29, 1.82) is 0 Å². The van der Waals surface area contributed by atoms with Crippen LogP contribution in [0.1, 0.15) is 48.3 Å². The van der Waals surface area contributed by atoms with E-state index in [0.717, 1.165) is 23.0 Å². The number of hydrogen-bond acceptors (Lipinski definition) is 6. The van der Waals surface area contributed by atoms with E-state index in [1.807, 2.05) is 6.92 Å². The molecule has 14 heteroatoms. The van der Waals surface area contributed by atoms with Crippen LogP contribution in [-0.4, -0.2) is 38.5 Å². The maximum atomic E-state index is 14.2. The van der Waals surface area contributed by atoms with Crippen molar-refractivity contribution in [3.63, 3.8) is 0 Å². The number of nitrogens with two attached hydrogens (primary N) is 1. The van der Waals surface area contributed by atoms with Crippen molar-refractivity contribution in [2.75, 3.05) is 12.4 Å². The van der Waals surface area contributed by atoms with E-state index in [0.29, 0.717) is 22.7 Å². The van der Waals surface area contributed by atoms with Gasteiger partial charge in [0.2, 0.25) is 5.91 Å². The van der Waals surface area contributed by atoms with E-state index in [9.17, 15) is 27.6 Å². The van der Waals surface area contributed by atoms with Gasteiger partial charge in [0.15, 0.2) is 0 Å². The fourth-order valence-corrected chi connectivity index (χ4v) is 4.42. The Kier molecular flexibility index (Phi) is 8.77. The number of primary amides is 1. The molecule has 10 nitrogen and oxygen atoms in total. The maximum Gasteiger partial charge on any atom is 0.283 e. The summed E-state index contributed by atoms with van der Waals surface area (Å²) in [5.74, 6) is -2.30. The van der Waals surface area contributed by atoms with Gasteiger partial charge in [0, 0.05) is 27.9 Å². The zero-order chi connectivity index (χ0) is 29.8. The topological polar surface area (TPSA) is 134 Å². The van der Waals surface area contributed by atoms with E-state index in [-0.39, 0.29) is 29.0 Å². The number of carbonyl (C=O) groups excluding carboxylic acids is 2. The van der Waals surface area contributed by atoms with Crippen molar-refractivity contribution < 1.29 is 27.5 Å². The average Bonchev–Trinajstić information content (AvgIpc) is 3.42. The Balaban J connectivity index is 1.75. The number of alkyl halides is 2. The number of halogens is 4. The molecule has 2 heterocycles. The number of amides is 2. The van der Waals surface area contributed by atoms with E-state index >= 15 is 0 Å². The summed E-state index contributed by atoms with van der Waals surface area (Å²) < 4.78 is 48.4. The van der Waals surface area contributed by atoms with Crippen LogP contribution < -0.4 is 21.3 Å². The third kappa shape index (κ3) is 6.24. The first-order valence-corrected chi connectivity index (χ1v) is 12.6. The van der Waals surface area contributed by atoms with E-state index in [2.05, 4.69) is 15.6 Å². The quantitative estimate of drug-likeness (QED) is 0.270. The van der Waals surface area contributed by atoms with Gasteiger partial charge in [0.1, 0.15) is 23.3 Å². The second kappa shape index (κ2) is 12.3. The molecule has 2 aromatic heterocycles. The SMILES string of the molecule is CCCC(C(=O)Nc1ccc(C(N)=O)c(F)c1)n1cc(OC)c(-c2cc(Cl)ccc2-n2cc(C(F)F)nn2)cc1=O. The highest BCUT2D eigenvalue weighted by Crippen LogP contribution is 2.36. The number of nitrogens with one attached hydrogen (secondary N) is 1. The fourth-order valence-electron chi connectivity index (χ4n) is 4.25. The van der Waals surface area contributed by atoms with Crippen molar-refractivity contribution >= 4 is 29.1 Å². The van der Waals surface area contributed by atoms with Gasteiger partial charge in [-0.15, -0.1) is 5.10 Å². The Morgan fingerprint density at radius 1 is 1.12 bits per heavy atom. The highest BCUT2D eigenvalue weighted by molar-refractivity contribution is 6.31. The Labute approximate surface area is 236 Å².